The van der Waals surface area contributed by atoms with Gasteiger partial charge in [0.05, 0.1) is 33.2 Å². The number of halogens is 1. The number of carbonyl (C=O) groups is 1. The van der Waals surface area contributed by atoms with Gasteiger partial charge in [-0.15, -0.1) is 0 Å². The zero-order valence-electron chi connectivity index (χ0n) is 23.0. The third kappa shape index (κ3) is 5.74. The van der Waals surface area contributed by atoms with Crippen LogP contribution in [0.1, 0.15) is 42.0 Å². The maximum atomic E-state index is 13.7. The van der Waals surface area contributed by atoms with Gasteiger partial charge in [0.25, 0.3) is 11.5 Å². The number of amides is 1. The summed E-state index contributed by atoms with van der Waals surface area (Å²) in [4.78, 5) is 35.9. The van der Waals surface area contributed by atoms with E-state index in [0.717, 1.165) is 12.8 Å². The van der Waals surface area contributed by atoms with Crippen molar-refractivity contribution in [2.75, 3.05) is 5.73 Å². The van der Waals surface area contributed by atoms with E-state index in [4.69, 9.17) is 17.3 Å². The van der Waals surface area contributed by atoms with Crippen LogP contribution in [0.4, 0.5) is 5.82 Å². The molecule has 0 unspecified atom stereocenters. The number of hydrogen-bond donors (Lipinski definition) is 3. The smallest absolute Gasteiger partial charge is 0.274 e. The normalized spacial score (nSPS) is 14.0. The summed E-state index contributed by atoms with van der Waals surface area (Å²) in [7, 11) is -3.70. The number of aromatic nitrogens is 3. The Kier molecular flexibility index (Phi) is 7.47. The molecule has 0 spiro atoms. The van der Waals surface area contributed by atoms with Crippen molar-refractivity contribution in [3.8, 4) is 16.9 Å². The molecule has 1 aliphatic carbocycles. The number of fused-ring (bicyclic) bond motifs is 1. The second-order valence-electron chi connectivity index (χ2n) is 10.4. The summed E-state index contributed by atoms with van der Waals surface area (Å²) in [6.07, 6.45) is 3.01. The largest absolute Gasteiger partial charge is 0.382 e. The summed E-state index contributed by atoms with van der Waals surface area (Å²) in [5.41, 5.74) is 7.47. The lowest BCUT2D eigenvalue weighted by molar-refractivity contribution is 0.0934. The Hall–Kier alpha value is -4.58. The number of nitrogens with one attached hydrogen (secondary N) is 2. The molecule has 4 N–H and O–H groups in total. The Balaban J connectivity index is 1.34. The van der Waals surface area contributed by atoms with Gasteiger partial charge in [0.2, 0.25) is 10.0 Å². The highest BCUT2D eigenvalue weighted by Gasteiger charge is 2.28. The predicted octanol–water partition coefficient (Wildman–Crippen LogP) is 4.62. The molecule has 1 aliphatic rings. The fourth-order valence-electron chi connectivity index (χ4n) is 4.86. The molecule has 2 aromatic heterocycles. The van der Waals surface area contributed by atoms with E-state index in [1.165, 1.54) is 22.9 Å². The first-order chi connectivity index (χ1) is 20.6. The number of sulfonamides is 1. The fourth-order valence-corrected chi connectivity index (χ4v) is 6.47. The number of anilines is 1. The van der Waals surface area contributed by atoms with Crippen LogP contribution in [0.5, 0.6) is 0 Å². The summed E-state index contributed by atoms with van der Waals surface area (Å²) in [6.45, 7) is 1.75. The molecule has 2 heterocycles. The van der Waals surface area contributed by atoms with Crippen LogP contribution in [-0.4, -0.2) is 34.9 Å². The SMILES string of the molecule is C[C@H](NC(=O)c1nc(-c2cccc(S(=O)(=O)NC3CC3)c2)cnc1N)c1cc2cccc(Cl)c2c(=O)n1-c1ccccc1. The second-order valence-corrected chi connectivity index (χ2v) is 12.5. The number of nitrogens with zero attached hydrogens (tertiary/aromatic N) is 3. The highest BCUT2D eigenvalue weighted by atomic mass is 35.5. The summed E-state index contributed by atoms with van der Waals surface area (Å²) in [6, 6.07) is 21.6. The first kappa shape index (κ1) is 28.5. The van der Waals surface area contributed by atoms with Crippen LogP contribution >= 0.6 is 11.6 Å². The summed E-state index contributed by atoms with van der Waals surface area (Å²) < 4.78 is 29.7. The van der Waals surface area contributed by atoms with Crippen LogP contribution in [0, 0.1) is 0 Å². The Morgan fingerprint density at radius 2 is 1.79 bits per heavy atom. The average molecular weight is 615 g/mol. The second kappa shape index (κ2) is 11.3. The molecule has 1 amide bonds. The minimum atomic E-state index is -3.70. The number of pyridine rings is 1. The lowest BCUT2D eigenvalue weighted by Gasteiger charge is -2.21. The third-order valence-electron chi connectivity index (χ3n) is 7.19. The van der Waals surface area contributed by atoms with Gasteiger partial charge in [-0.05, 0) is 61.5 Å². The molecule has 218 valence electrons. The van der Waals surface area contributed by atoms with Crippen LogP contribution in [0.25, 0.3) is 27.7 Å². The Bertz CT molecular complexity index is 2050. The number of para-hydroxylation sites is 1. The van der Waals surface area contributed by atoms with Gasteiger partial charge in [-0.25, -0.2) is 23.1 Å². The molecule has 0 aliphatic heterocycles. The summed E-state index contributed by atoms with van der Waals surface area (Å²) in [5, 5.41) is 4.22. The quantitative estimate of drug-likeness (QED) is 0.231. The highest BCUT2D eigenvalue weighted by molar-refractivity contribution is 7.89. The van der Waals surface area contributed by atoms with E-state index >= 15 is 0 Å². The number of nitrogen functional groups attached to an aromatic ring is 1. The molecule has 0 saturated heterocycles. The molecule has 6 rings (SSSR count). The molecule has 1 fully saturated rings. The van der Waals surface area contributed by atoms with E-state index in [0.29, 0.717) is 32.7 Å². The molecule has 1 atom stereocenters. The van der Waals surface area contributed by atoms with Gasteiger partial charge in [-0.2, -0.15) is 0 Å². The maximum absolute atomic E-state index is 13.7. The van der Waals surface area contributed by atoms with Crippen molar-refractivity contribution in [1.29, 1.82) is 0 Å². The van der Waals surface area contributed by atoms with E-state index in [1.54, 1.807) is 49.4 Å². The van der Waals surface area contributed by atoms with Crippen LogP contribution in [-0.2, 0) is 10.0 Å². The van der Waals surface area contributed by atoms with Crippen molar-refractivity contribution in [1.82, 2.24) is 24.6 Å². The molecule has 0 bridgehead atoms. The minimum absolute atomic E-state index is 0.0416. The van der Waals surface area contributed by atoms with E-state index in [9.17, 15) is 18.0 Å². The standard InChI is InChI=1S/C31H27ClN6O4S/c1-18(26-16-20-8-6-12-24(32)27(20)31(40)38(26)22-9-3-2-4-10-22)35-30(39)28-29(33)34-17-25(36-28)19-7-5-11-23(15-19)43(41,42)37-21-13-14-21/h2-12,15-18,21,37H,13-14H2,1H3,(H2,33,34)(H,35,39)/t18-/m0/s1. The molecule has 1 saturated carbocycles. The van der Waals surface area contributed by atoms with Crippen LogP contribution in [0.3, 0.4) is 0 Å². The number of nitrogens with two attached hydrogens (primary N) is 1. The van der Waals surface area contributed by atoms with E-state index in [1.807, 2.05) is 24.3 Å². The van der Waals surface area contributed by atoms with Crippen LogP contribution in [0.15, 0.2) is 94.7 Å². The highest BCUT2D eigenvalue weighted by Crippen LogP contribution is 2.27. The van der Waals surface area contributed by atoms with Crippen molar-refractivity contribution in [3.63, 3.8) is 0 Å². The van der Waals surface area contributed by atoms with Crippen molar-refractivity contribution in [3.05, 3.63) is 112 Å². The zero-order chi connectivity index (χ0) is 30.3. The Morgan fingerprint density at radius 1 is 1.05 bits per heavy atom. The fraction of sp³-hybridized carbons (Fsp3) is 0.161. The summed E-state index contributed by atoms with van der Waals surface area (Å²) >= 11 is 6.41. The van der Waals surface area contributed by atoms with E-state index in [2.05, 4.69) is 20.0 Å². The predicted molar refractivity (Wildman–Crippen MR) is 166 cm³/mol. The Morgan fingerprint density at radius 3 is 2.53 bits per heavy atom. The average Bonchev–Trinajstić information content (AvgIpc) is 3.81. The molecule has 3 aromatic carbocycles. The van der Waals surface area contributed by atoms with Gasteiger partial charge in [0.15, 0.2) is 11.5 Å². The van der Waals surface area contributed by atoms with Crippen molar-refractivity contribution >= 4 is 44.1 Å². The molecule has 12 heteroatoms. The van der Waals surface area contributed by atoms with Crippen molar-refractivity contribution < 1.29 is 13.2 Å². The molecule has 10 nitrogen and oxygen atoms in total. The van der Waals surface area contributed by atoms with Crippen molar-refractivity contribution in [2.24, 2.45) is 0 Å². The Labute approximate surface area is 252 Å². The lowest BCUT2D eigenvalue weighted by atomic mass is 10.1. The number of benzene rings is 3. The number of carbonyl (C=O) groups excluding carboxylic acids is 1. The summed E-state index contributed by atoms with van der Waals surface area (Å²) in [5.74, 6) is -0.713. The van der Waals surface area contributed by atoms with Gasteiger partial charge in [0.1, 0.15) is 0 Å². The maximum Gasteiger partial charge on any atom is 0.274 e. The molecule has 0 radical (unpaired) electrons. The number of rotatable bonds is 8. The monoisotopic (exact) mass is 614 g/mol. The van der Waals surface area contributed by atoms with Gasteiger partial charge in [-0.1, -0.05) is 54.1 Å². The number of hydrogen-bond acceptors (Lipinski definition) is 7. The molecular weight excluding hydrogens is 588 g/mol. The van der Waals surface area contributed by atoms with Gasteiger partial charge in [0, 0.05) is 23.0 Å². The van der Waals surface area contributed by atoms with E-state index in [-0.39, 0.29) is 33.7 Å². The van der Waals surface area contributed by atoms with Crippen LogP contribution in [0.2, 0.25) is 5.02 Å². The van der Waals surface area contributed by atoms with Crippen molar-refractivity contribution in [2.45, 2.75) is 36.7 Å². The molecular formula is C31H27ClN6O4S. The van der Waals surface area contributed by atoms with Gasteiger partial charge in [-0.3, -0.25) is 14.2 Å². The topological polar surface area (TPSA) is 149 Å². The molecule has 43 heavy (non-hydrogen) atoms. The van der Waals surface area contributed by atoms with Gasteiger partial charge < -0.3 is 11.1 Å². The molecule has 5 aromatic rings. The minimum Gasteiger partial charge on any atom is -0.382 e. The van der Waals surface area contributed by atoms with Crippen LogP contribution < -0.4 is 21.3 Å². The zero-order valence-corrected chi connectivity index (χ0v) is 24.6. The van der Waals surface area contributed by atoms with E-state index < -0.39 is 22.0 Å². The lowest BCUT2D eigenvalue weighted by Crippen LogP contribution is -2.33. The van der Waals surface area contributed by atoms with Gasteiger partial charge >= 0.3 is 0 Å². The third-order valence-corrected chi connectivity index (χ3v) is 9.02. The first-order valence-electron chi connectivity index (χ1n) is 13.6. The first-order valence-corrected chi connectivity index (χ1v) is 15.4.